The number of likely N-dealkylation sites (N-methyl/N-ethyl adjacent to an activating group) is 1. The number of nitrogens with zero attached hydrogens (tertiary/aromatic N) is 7. The van der Waals surface area contributed by atoms with Gasteiger partial charge in [0.05, 0.1) is 46.8 Å². The van der Waals surface area contributed by atoms with Crippen molar-refractivity contribution in [3.8, 4) is 16.9 Å². The van der Waals surface area contributed by atoms with Crippen LogP contribution in [0.3, 0.4) is 0 Å². The number of halogens is 2. The Balaban J connectivity index is 1.36. The van der Waals surface area contributed by atoms with Gasteiger partial charge in [-0.1, -0.05) is 29.3 Å². The van der Waals surface area contributed by atoms with Gasteiger partial charge in [-0.2, -0.15) is 10.2 Å². The largest absolute Gasteiger partial charge is 0.494 e. The molecule has 0 saturated carbocycles. The first-order valence-corrected chi connectivity index (χ1v) is 18.8. The minimum atomic E-state index is -0.120. The van der Waals surface area contributed by atoms with Crippen LogP contribution < -0.4 is 9.64 Å². The fourth-order valence-electron chi connectivity index (χ4n) is 7.81. The fourth-order valence-corrected chi connectivity index (χ4v) is 8.16. The summed E-state index contributed by atoms with van der Waals surface area (Å²) in [5, 5.41) is 12.6. The van der Waals surface area contributed by atoms with Crippen molar-refractivity contribution in [2.45, 2.75) is 60.0 Å². The van der Waals surface area contributed by atoms with E-state index in [0.29, 0.717) is 67.5 Å². The van der Waals surface area contributed by atoms with E-state index < -0.39 is 0 Å². The molecule has 0 atom stereocenters. The molecule has 6 aromatic rings. The summed E-state index contributed by atoms with van der Waals surface area (Å²) in [5.41, 5.74) is 10.2. The third-order valence-corrected chi connectivity index (χ3v) is 11.4. The molecule has 0 radical (unpaired) electrons. The van der Waals surface area contributed by atoms with Crippen molar-refractivity contribution in [1.29, 1.82) is 0 Å². The maximum Gasteiger partial charge on any atom is 0.275 e. The molecule has 53 heavy (non-hydrogen) atoms. The molecule has 3 aromatic carbocycles. The van der Waals surface area contributed by atoms with Gasteiger partial charge in [0.15, 0.2) is 0 Å². The van der Waals surface area contributed by atoms with Gasteiger partial charge in [-0.05, 0) is 108 Å². The number of amides is 1. The van der Waals surface area contributed by atoms with Crippen molar-refractivity contribution in [2.75, 3.05) is 38.7 Å². The number of anilines is 1. The Morgan fingerprint density at radius 3 is 2.42 bits per heavy atom. The highest BCUT2D eigenvalue weighted by Gasteiger charge is 2.33. The third-order valence-electron chi connectivity index (χ3n) is 10.4. The molecule has 0 saturated heterocycles. The van der Waals surface area contributed by atoms with E-state index in [1.165, 1.54) is 0 Å². The average molecular weight is 755 g/mol. The molecule has 0 fully saturated rings. The predicted molar refractivity (Wildman–Crippen MR) is 213 cm³/mol. The van der Waals surface area contributed by atoms with Crippen LogP contribution in [0.25, 0.3) is 32.9 Å². The second kappa shape index (κ2) is 14.6. The van der Waals surface area contributed by atoms with Crippen LogP contribution in [0, 0.1) is 27.7 Å². The summed E-state index contributed by atoms with van der Waals surface area (Å²) < 4.78 is 12.2. The number of aromatic nitrogens is 5. The number of carbonyl (C=O) groups excluding carboxylic acids is 2. The van der Waals surface area contributed by atoms with Gasteiger partial charge in [0, 0.05) is 64.9 Å². The van der Waals surface area contributed by atoms with E-state index in [4.69, 9.17) is 38.1 Å². The normalized spacial score (nSPS) is 13.4. The second-order valence-corrected chi connectivity index (χ2v) is 15.1. The maximum absolute atomic E-state index is 15.2. The van der Waals surface area contributed by atoms with Gasteiger partial charge in [0.2, 0.25) is 0 Å². The maximum atomic E-state index is 15.2. The molecule has 1 aliphatic heterocycles. The Morgan fingerprint density at radius 1 is 0.981 bits per heavy atom. The molecule has 0 aliphatic carbocycles. The van der Waals surface area contributed by atoms with E-state index in [9.17, 15) is 4.79 Å². The molecule has 10 nitrogen and oxygen atoms in total. The second-order valence-electron chi connectivity index (χ2n) is 14.4. The highest BCUT2D eigenvalue weighted by molar-refractivity contribution is 6.35. The van der Waals surface area contributed by atoms with Gasteiger partial charge >= 0.3 is 0 Å². The van der Waals surface area contributed by atoms with Crippen molar-refractivity contribution >= 4 is 62.9 Å². The molecule has 0 N–H and O–H groups in total. The molecular weight excluding hydrogens is 709 g/mol. The zero-order valence-corrected chi connectivity index (χ0v) is 32.9. The summed E-state index contributed by atoms with van der Waals surface area (Å²) in [7, 11) is 5.97. The number of carbonyl (C=O) groups is 2. The summed E-state index contributed by atoms with van der Waals surface area (Å²) in [5.74, 6) is 0.652. The molecule has 0 unspecified atom stereocenters. The summed E-state index contributed by atoms with van der Waals surface area (Å²) in [6.07, 6.45) is 4.62. The average Bonchev–Trinajstić information content (AvgIpc) is 3.71. The number of fused-ring (bicyclic) bond motifs is 4. The highest BCUT2D eigenvalue weighted by atomic mass is 35.5. The fraction of sp³-hybridized carbons (Fsp3) is 0.366. The smallest absolute Gasteiger partial charge is 0.275 e. The minimum absolute atomic E-state index is 0.120. The van der Waals surface area contributed by atoms with Gasteiger partial charge in [-0.15, -0.1) is 0 Å². The standard InChI is InChI=1S/C41H45Cl2N7O3/c1-24-18-29(19-25(2)38(24)43)53-17-8-10-30-31-11-12-33(42)37(36-26(3)45-47(7)27(36)4)39(31)49-14-9-13-48(41(52)40(30)49)34-20-28(23-51)21-35-32(34)22-44-50(35)16-15-46(5)6/h11-12,18-23H,8-10,13-17H2,1-7H3. The molecule has 1 amide bonds. The quantitative estimate of drug-likeness (QED) is 0.0976. The van der Waals surface area contributed by atoms with E-state index in [1.807, 2.05) is 106 Å². The first-order valence-electron chi connectivity index (χ1n) is 18.0. The van der Waals surface area contributed by atoms with E-state index in [1.54, 1.807) is 0 Å². The van der Waals surface area contributed by atoms with Crippen LogP contribution in [0.15, 0.2) is 42.6 Å². The number of aldehydes is 1. The molecule has 12 heteroatoms. The number of rotatable bonds is 11. The Hall–Kier alpha value is -4.64. The highest BCUT2D eigenvalue weighted by Crippen LogP contribution is 2.43. The lowest BCUT2D eigenvalue weighted by Crippen LogP contribution is -2.32. The lowest BCUT2D eigenvalue weighted by Gasteiger charge is -2.22. The van der Waals surface area contributed by atoms with Gasteiger partial charge in [0.1, 0.15) is 17.7 Å². The summed E-state index contributed by atoms with van der Waals surface area (Å²) >= 11 is 13.5. The van der Waals surface area contributed by atoms with Gasteiger partial charge < -0.3 is 19.1 Å². The topological polar surface area (TPSA) is 90.4 Å². The monoisotopic (exact) mass is 753 g/mol. The van der Waals surface area contributed by atoms with Crippen molar-refractivity contribution in [3.63, 3.8) is 0 Å². The first-order chi connectivity index (χ1) is 25.4. The summed E-state index contributed by atoms with van der Waals surface area (Å²) in [6.45, 7) is 11.0. The molecular formula is C41H45Cl2N7O3. The summed E-state index contributed by atoms with van der Waals surface area (Å²) in [6, 6.07) is 11.6. The molecule has 3 aromatic heterocycles. The van der Waals surface area contributed by atoms with Crippen LogP contribution in [0.5, 0.6) is 5.75 Å². The molecule has 4 heterocycles. The zero-order chi connectivity index (χ0) is 37.7. The predicted octanol–water partition coefficient (Wildman–Crippen LogP) is 8.37. The molecule has 1 aliphatic rings. The van der Waals surface area contributed by atoms with Crippen molar-refractivity contribution < 1.29 is 14.3 Å². The van der Waals surface area contributed by atoms with E-state index in [0.717, 1.165) is 84.6 Å². The van der Waals surface area contributed by atoms with E-state index in [2.05, 4.69) is 9.47 Å². The number of hydrogen-bond acceptors (Lipinski definition) is 6. The summed E-state index contributed by atoms with van der Waals surface area (Å²) in [4.78, 5) is 31.4. The third kappa shape index (κ3) is 6.62. The number of aryl methyl sites for hydroxylation is 6. The number of hydrogen-bond donors (Lipinski definition) is 0. The van der Waals surface area contributed by atoms with Crippen molar-refractivity contribution in [1.82, 2.24) is 29.0 Å². The van der Waals surface area contributed by atoms with Crippen LogP contribution in [-0.4, -0.2) is 75.0 Å². The molecule has 0 spiro atoms. The van der Waals surface area contributed by atoms with Crippen molar-refractivity contribution in [2.24, 2.45) is 7.05 Å². The zero-order valence-electron chi connectivity index (χ0n) is 31.4. The minimum Gasteiger partial charge on any atom is -0.494 e. The van der Waals surface area contributed by atoms with Crippen LogP contribution in [-0.2, 0) is 26.6 Å². The van der Waals surface area contributed by atoms with Crippen LogP contribution >= 0.6 is 23.2 Å². The Morgan fingerprint density at radius 2 is 1.74 bits per heavy atom. The SMILES string of the molecule is Cc1cc(OCCCc2c3n(c4c(-c5c(C)nn(C)c5C)c(Cl)ccc24)CCCN(c2cc(C=O)cc4c2cnn4CCN(C)C)C3=O)cc(C)c1Cl. The van der Waals surface area contributed by atoms with Crippen molar-refractivity contribution in [3.05, 3.63) is 92.0 Å². The van der Waals surface area contributed by atoms with Crippen LogP contribution in [0.1, 0.15) is 61.8 Å². The molecule has 0 bridgehead atoms. The van der Waals surface area contributed by atoms with Gasteiger partial charge in [-0.3, -0.25) is 19.0 Å². The first kappa shape index (κ1) is 36.7. The lowest BCUT2D eigenvalue weighted by atomic mass is 9.98. The van der Waals surface area contributed by atoms with Gasteiger partial charge in [-0.25, -0.2) is 0 Å². The van der Waals surface area contributed by atoms with Crippen LogP contribution in [0.4, 0.5) is 5.69 Å². The number of benzene rings is 3. The van der Waals surface area contributed by atoms with E-state index >= 15 is 4.79 Å². The Bertz CT molecular complexity index is 2380. The van der Waals surface area contributed by atoms with Crippen LogP contribution in [0.2, 0.25) is 10.0 Å². The number of ether oxygens (including phenoxy) is 1. The molecule has 7 rings (SSSR count). The van der Waals surface area contributed by atoms with Gasteiger partial charge in [0.25, 0.3) is 5.91 Å². The lowest BCUT2D eigenvalue weighted by molar-refractivity contribution is 0.0982. The molecule has 276 valence electrons. The Kier molecular flexibility index (Phi) is 10.1. The van der Waals surface area contributed by atoms with E-state index in [-0.39, 0.29) is 5.91 Å². The Labute approximate surface area is 319 Å².